The maximum atomic E-state index is 14.0. The third-order valence-electron chi connectivity index (χ3n) is 6.86. The Balaban J connectivity index is 1.64. The smallest absolute Gasteiger partial charge is 0.274 e. The molecule has 8 nitrogen and oxygen atoms in total. The molecule has 3 heterocycles. The average Bonchev–Trinajstić information content (AvgIpc) is 3.53. The maximum absolute atomic E-state index is 14.0. The number of rotatable bonds is 5. The number of anilines is 1. The van der Waals surface area contributed by atoms with Crippen molar-refractivity contribution < 1.29 is 18.8 Å². The van der Waals surface area contributed by atoms with Crippen LogP contribution in [0.5, 0.6) is 0 Å². The number of fused-ring (bicyclic) bond motifs is 3. The lowest BCUT2D eigenvalue weighted by Crippen LogP contribution is -2.64. The molecule has 3 aromatic rings. The fourth-order valence-corrected chi connectivity index (χ4v) is 5.15. The predicted octanol–water partition coefficient (Wildman–Crippen LogP) is 3.67. The van der Waals surface area contributed by atoms with Gasteiger partial charge >= 0.3 is 0 Å². The van der Waals surface area contributed by atoms with Crippen LogP contribution in [0.3, 0.4) is 0 Å². The third kappa shape index (κ3) is 3.59. The van der Waals surface area contributed by atoms with Crippen molar-refractivity contribution in [3.8, 4) is 0 Å². The lowest BCUT2D eigenvalue weighted by molar-refractivity contribution is -0.134. The van der Waals surface area contributed by atoms with Gasteiger partial charge in [-0.15, -0.1) is 0 Å². The van der Waals surface area contributed by atoms with E-state index in [9.17, 15) is 14.4 Å². The minimum atomic E-state index is -1.13. The Hall–Kier alpha value is -3.55. The van der Waals surface area contributed by atoms with Crippen LogP contribution in [-0.2, 0) is 22.7 Å². The molecule has 0 radical (unpaired) electrons. The first kappa shape index (κ1) is 21.3. The van der Waals surface area contributed by atoms with Crippen LogP contribution in [0.1, 0.15) is 55.8 Å². The van der Waals surface area contributed by atoms with E-state index in [1.54, 1.807) is 23.3 Å². The molecule has 3 amide bonds. The lowest BCUT2D eigenvalue weighted by atomic mass is 9.93. The molecule has 5 rings (SSSR count). The van der Waals surface area contributed by atoms with Crippen LogP contribution in [0.25, 0.3) is 10.9 Å². The first-order chi connectivity index (χ1) is 15.9. The van der Waals surface area contributed by atoms with Crippen LogP contribution in [0, 0.1) is 0 Å². The number of amides is 3. The SMILES string of the molecule is CC(=O)Nc1c2n(c3ccccc13)C[C@](C)(C(=O)NC1CCCC1)N(Cc1ccco1)C2=O. The van der Waals surface area contributed by atoms with Crippen LogP contribution in [0.2, 0.25) is 0 Å². The largest absolute Gasteiger partial charge is 0.467 e. The first-order valence-corrected chi connectivity index (χ1v) is 11.4. The van der Waals surface area contributed by atoms with Gasteiger partial charge in [0.15, 0.2) is 0 Å². The molecule has 1 aromatic carbocycles. The van der Waals surface area contributed by atoms with E-state index in [-0.39, 0.29) is 36.9 Å². The number of benzene rings is 1. The van der Waals surface area contributed by atoms with Crippen molar-refractivity contribution in [1.82, 2.24) is 14.8 Å². The molecule has 172 valence electrons. The van der Waals surface area contributed by atoms with E-state index in [2.05, 4.69) is 10.6 Å². The summed E-state index contributed by atoms with van der Waals surface area (Å²) in [4.78, 5) is 41.2. The molecule has 2 N–H and O–H groups in total. The minimum Gasteiger partial charge on any atom is -0.467 e. The Morgan fingerprint density at radius 1 is 1.15 bits per heavy atom. The van der Waals surface area contributed by atoms with Gasteiger partial charge in [0.25, 0.3) is 5.91 Å². The Kier molecular flexibility index (Phi) is 5.23. The highest BCUT2D eigenvalue weighted by Crippen LogP contribution is 2.39. The van der Waals surface area contributed by atoms with E-state index in [1.165, 1.54) is 6.92 Å². The summed E-state index contributed by atoms with van der Waals surface area (Å²) in [5.41, 5.74) is 0.534. The second-order valence-electron chi connectivity index (χ2n) is 9.21. The van der Waals surface area contributed by atoms with Crippen molar-refractivity contribution in [3.63, 3.8) is 0 Å². The topological polar surface area (TPSA) is 96.6 Å². The fourth-order valence-electron chi connectivity index (χ4n) is 5.15. The van der Waals surface area contributed by atoms with Gasteiger partial charge in [-0.3, -0.25) is 14.4 Å². The first-order valence-electron chi connectivity index (χ1n) is 11.4. The van der Waals surface area contributed by atoms with Gasteiger partial charge in [0.05, 0.1) is 30.6 Å². The van der Waals surface area contributed by atoms with Crippen molar-refractivity contribution in [2.45, 2.75) is 64.2 Å². The molecule has 0 unspecified atom stereocenters. The molecule has 1 fully saturated rings. The van der Waals surface area contributed by atoms with Crippen LogP contribution in [-0.4, -0.2) is 38.8 Å². The number of hydrogen-bond donors (Lipinski definition) is 2. The van der Waals surface area contributed by atoms with Gasteiger partial charge in [-0.25, -0.2) is 0 Å². The highest BCUT2D eigenvalue weighted by atomic mass is 16.3. The second-order valence-corrected chi connectivity index (χ2v) is 9.21. The van der Waals surface area contributed by atoms with E-state index in [0.717, 1.165) is 36.6 Å². The van der Waals surface area contributed by atoms with Crippen LogP contribution < -0.4 is 10.6 Å². The molecule has 0 saturated heterocycles. The molecule has 8 heteroatoms. The summed E-state index contributed by atoms with van der Waals surface area (Å²) in [7, 11) is 0. The zero-order valence-corrected chi connectivity index (χ0v) is 18.9. The van der Waals surface area contributed by atoms with Gasteiger partial charge in [0, 0.05) is 18.4 Å². The van der Waals surface area contributed by atoms with Gasteiger partial charge in [0.1, 0.15) is 17.0 Å². The standard InChI is InChI=1S/C25H28N4O4/c1-16(30)26-21-19-11-5-6-12-20(19)28-15-25(2,24(32)27-17-8-3-4-9-17)29(23(31)22(21)28)14-18-10-7-13-33-18/h5-7,10-13,17H,3-4,8-9,14-15H2,1-2H3,(H,26,30)(H,27,32)/t25-/m1/s1. The molecule has 0 spiro atoms. The molecule has 1 saturated carbocycles. The van der Waals surface area contributed by atoms with Crippen molar-refractivity contribution in [1.29, 1.82) is 0 Å². The van der Waals surface area contributed by atoms with Gasteiger partial charge in [0.2, 0.25) is 11.8 Å². The summed E-state index contributed by atoms with van der Waals surface area (Å²) in [6.45, 7) is 3.66. The maximum Gasteiger partial charge on any atom is 0.274 e. The van der Waals surface area contributed by atoms with E-state index < -0.39 is 5.54 Å². The highest BCUT2D eigenvalue weighted by molar-refractivity contribution is 6.14. The van der Waals surface area contributed by atoms with Gasteiger partial charge in [-0.05, 0) is 38.0 Å². The van der Waals surface area contributed by atoms with Crippen molar-refractivity contribution in [2.24, 2.45) is 0 Å². The third-order valence-corrected chi connectivity index (χ3v) is 6.86. The lowest BCUT2D eigenvalue weighted by Gasteiger charge is -2.44. The number of nitrogens with one attached hydrogen (secondary N) is 2. The number of furan rings is 1. The molecule has 1 aliphatic carbocycles. The molecule has 1 atom stereocenters. The van der Waals surface area contributed by atoms with Crippen LogP contribution in [0.4, 0.5) is 5.69 Å². The Morgan fingerprint density at radius 3 is 2.61 bits per heavy atom. The van der Waals surface area contributed by atoms with E-state index >= 15 is 0 Å². The molecule has 2 aromatic heterocycles. The molecule has 33 heavy (non-hydrogen) atoms. The number of nitrogens with zero attached hydrogens (tertiary/aromatic N) is 2. The van der Waals surface area contributed by atoms with Crippen molar-refractivity contribution in [3.05, 3.63) is 54.1 Å². The zero-order chi connectivity index (χ0) is 23.2. The Morgan fingerprint density at radius 2 is 1.91 bits per heavy atom. The molecule has 1 aliphatic heterocycles. The van der Waals surface area contributed by atoms with Gasteiger partial charge in [-0.2, -0.15) is 0 Å². The van der Waals surface area contributed by atoms with E-state index in [0.29, 0.717) is 17.1 Å². The van der Waals surface area contributed by atoms with Gasteiger partial charge in [-0.1, -0.05) is 31.0 Å². The monoisotopic (exact) mass is 448 g/mol. The Bertz CT molecular complexity index is 1220. The number of carbonyl (C=O) groups excluding carboxylic acids is 3. The van der Waals surface area contributed by atoms with E-state index in [1.807, 2.05) is 35.8 Å². The average molecular weight is 449 g/mol. The Labute approximate surface area is 191 Å². The minimum absolute atomic E-state index is 0.132. The highest BCUT2D eigenvalue weighted by Gasteiger charge is 2.49. The van der Waals surface area contributed by atoms with Crippen LogP contribution >= 0.6 is 0 Å². The van der Waals surface area contributed by atoms with Crippen LogP contribution in [0.15, 0.2) is 47.1 Å². The van der Waals surface area contributed by atoms with E-state index in [4.69, 9.17) is 4.42 Å². The molecule has 2 aliphatic rings. The quantitative estimate of drug-likeness (QED) is 0.623. The fraction of sp³-hybridized carbons (Fsp3) is 0.400. The second kappa shape index (κ2) is 8.10. The van der Waals surface area contributed by atoms with Crippen molar-refractivity contribution >= 4 is 34.3 Å². The van der Waals surface area contributed by atoms with Crippen molar-refractivity contribution in [2.75, 3.05) is 5.32 Å². The zero-order valence-electron chi connectivity index (χ0n) is 18.9. The summed E-state index contributed by atoms with van der Waals surface area (Å²) in [5.74, 6) is -0.152. The predicted molar refractivity (Wildman–Crippen MR) is 124 cm³/mol. The summed E-state index contributed by atoms with van der Waals surface area (Å²) in [5, 5.41) is 6.81. The number of carbonyl (C=O) groups is 3. The number of para-hydroxylation sites is 1. The molecular formula is C25H28N4O4. The molecular weight excluding hydrogens is 420 g/mol. The molecule has 0 bridgehead atoms. The normalized spacial score (nSPS) is 20.8. The van der Waals surface area contributed by atoms with Gasteiger partial charge < -0.3 is 24.5 Å². The number of hydrogen-bond acceptors (Lipinski definition) is 4. The summed E-state index contributed by atoms with van der Waals surface area (Å²) < 4.78 is 7.40. The number of aromatic nitrogens is 1. The summed E-state index contributed by atoms with van der Waals surface area (Å²) in [6, 6.07) is 11.2. The summed E-state index contributed by atoms with van der Waals surface area (Å²) in [6.07, 6.45) is 5.67. The summed E-state index contributed by atoms with van der Waals surface area (Å²) >= 11 is 0.